The predicted molar refractivity (Wildman–Crippen MR) is 115 cm³/mol. The van der Waals surface area contributed by atoms with E-state index in [-0.39, 0.29) is 17.6 Å². The van der Waals surface area contributed by atoms with Gasteiger partial charge in [0.05, 0.1) is 17.0 Å². The zero-order chi connectivity index (χ0) is 19.8. The fraction of sp³-hybridized carbons (Fsp3) is 0.0952. The minimum atomic E-state index is -0.304. The van der Waals surface area contributed by atoms with Crippen molar-refractivity contribution in [3.05, 3.63) is 89.2 Å². The van der Waals surface area contributed by atoms with Crippen molar-refractivity contribution in [1.82, 2.24) is 4.98 Å². The van der Waals surface area contributed by atoms with Crippen molar-refractivity contribution in [3.63, 3.8) is 0 Å². The number of carbonyl (C=O) groups is 2. The van der Waals surface area contributed by atoms with Gasteiger partial charge in [0.25, 0.3) is 5.91 Å². The first-order valence-corrected chi connectivity index (χ1v) is 10.1. The van der Waals surface area contributed by atoms with Gasteiger partial charge in [-0.3, -0.25) is 14.6 Å². The minimum absolute atomic E-state index is 0.166. The van der Waals surface area contributed by atoms with Gasteiger partial charge in [0.1, 0.15) is 0 Å². The summed E-state index contributed by atoms with van der Waals surface area (Å²) in [5.74, 6) is 0.504. The zero-order valence-electron chi connectivity index (χ0n) is 14.9. The number of rotatable bonds is 7. The predicted octanol–water partition coefficient (Wildman–Crippen LogP) is 4.86. The summed E-state index contributed by atoms with van der Waals surface area (Å²) in [7, 11) is 0. The van der Waals surface area contributed by atoms with Crippen LogP contribution >= 0.6 is 23.4 Å². The third-order valence-electron chi connectivity index (χ3n) is 3.77. The van der Waals surface area contributed by atoms with E-state index in [9.17, 15) is 9.59 Å². The maximum absolute atomic E-state index is 12.6. The van der Waals surface area contributed by atoms with Crippen LogP contribution in [0.25, 0.3) is 0 Å². The Balaban J connectivity index is 1.59. The van der Waals surface area contributed by atoms with Gasteiger partial charge in [0, 0.05) is 28.9 Å². The van der Waals surface area contributed by atoms with Gasteiger partial charge in [-0.2, -0.15) is 0 Å². The average Bonchev–Trinajstić information content (AvgIpc) is 2.71. The van der Waals surface area contributed by atoms with Crippen LogP contribution in [-0.4, -0.2) is 22.6 Å². The number of benzene rings is 2. The van der Waals surface area contributed by atoms with Gasteiger partial charge in [-0.1, -0.05) is 29.8 Å². The van der Waals surface area contributed by atoms with Gasteiger partial charge in [-0.25, -0.2) is 0 Å². The molecule has 0 aliphatic carbocycles. The maximum Gasteiger partial charge on any atom is 0.257 e. The summed E-state index contributed by atoms with van der Waals surface area (Å²) in [5.41, 5.74) is 2.55. The molecule has 1 heterocycles. The second kappa shape index (κ2) is 9.92. The number of carbonyl (C=O) groups excluding carboxylic acids is 2. The molecule has 7 heteroatoms. The molecule has 0 bridgehead atoms. The monoisotopic (exact) mass is 411 g/mol. The summed E-state index contributed by atoms with van der Waals surface area (Å²) in [5, 5.41) is 6.21. The van der Waals surface area contributed by atoms with Crippen LogP contribution in [0, 0.1) is 0 Å². The van der Waals surface area contributed by atoms with Gasteiger partial charge in [-0.05, 0) is 48.0 Å². The Kier molecular flexibility index (Phi) is 7.06. The van der Waals surface area contributed by atoms with E-state index < -0.39 is 0 Å². The lowest BCUT2D eigenvalue weighted by atomic mass is 10.1. The molecule has 0 atom stereocenters. The van der Waals surface area contributed by atoms with Crippen molar-refractivity contribution in [1.29, 1.82) is 0 Å². The summed E-state index contributed by atoms with van der Waals surface area (Å²) >= 11 is 7.35. The number of para-hydroxylation sites is 1. The quantitative estimate of drug-likeness (QED) is 0.582. The molecule has 0 saturated carbocycles. The standard InChI is InChI=1S/C21H18ClN3O2S/c22-16-7-9-17(10-8-16)24-21(27)18-5-1-2-6-19(18)25-20(26)14-28-13-15-4-3-11-23-12-15/h1-12H,13-14H2,(H,24,27)(H,25,26). The summed E-state index contributed by atoms with van der Waals surface area (Å²) in [4.78, 5) is 28.9. The molecule has 0 unspecified atom stereocenters. The number of hydrogen-bond acceptors (Lipinski definition) is 4. The number of nitrogens with one attached hydrogen (secondary N) is 2. The zero-order valence-corrected chi connectivity index (χ0v) is 16.5. The molecule has 3 aromatic rings. The number of pyridine rings is 1. The van der Waals surface area contributed by atoms with Gasteiger partial charge in [0.2, 0.25) is 5.91 Å². The summed E-state index contributed by atoms with van der Waals surface area (Å²) < 4.78 is 0. The van der Waals surface area contributed by atoms with E-state index in [1.165, 1.54) is 11.8 Å². The van der Waals surface area contributed by atoms with E-state index in [2.05, 4.69) is 15.6 Å². The van der Waals surface area contributed by atoms with Crippen LogP contribution in [0.2, 0.25) is 5.02 Å². The van der Waals surface area contributed by atoms with Crippen LogP contribution < -0.4 is 10.6 Å². The molecule has 0 fully saturated rings. The summed E-state index contributed by atoms with van der Waals surface area (Å²) in [6, 6.07) is 17.6. The molecule has 0 spiro atoms. The Hall–Kier alpha value is -2.83. The van der Waals surface area contributed by atoms with Crippen LogP contribution in [-0.2, 0) is 10.5 Å². The van der Waals surface area contributed by atoms with Crippen LogP contribution in [0.5, 0.6) is 0 Å². The minimum Gasteiger partial charge on any atom is -0.325 e. The molecule has 0 saturated heterocycles. The highest BCUT2D eigenvalue weighted by molar-refractivity contribution is 7.99. The molecule has 2 aromatic carbocycles. The third-order valence-corrected chi connectivity index (χ3v) is 5.03. The number of thioether (sulfide) groups is 1. The van der Waals surface area contributed by atoms with Crippen molar-refractivity contribution in [2.45, 2.75) is 5.75 Å². The van der Waals surface area contributed by atoms with Gasteiger partial charge in [0.15, 0.2) is 0 Å². The molecular weight excluding hydrogens is 394 g/mol. The maximum atomic E-state index is 12.6. The average molecular weight is 412 g/mol. The first-order chi connectivity index (χ1) is 13.6. The molecule has 0 aliphatic heterocycles. The van der Waals surface area contributed by atoms with E-state index in [0.717, 1.165) is 5.56 Å². The topological polar surface area (TPSA) is 71.1 Å². The number of anilines is 2. The fourth-order valence-electron chi connectivity index (χ4n) is 2.45. The molecule has 3 rings (SSSR count). The van der Waals surface area contributed by atoms with E-state index in [1.54, 1.807) is 60.9 Å². The van der Waals surface area contributed by atoms with E-state index in [4.69, 9.17) is 11.6 Å². The Labute approximate surface area is 172 Å². The first kappa shape index (κ1) is 19.9. The molecule has 0 radical (unpaired) electrons. The van der Waals surface area contributed by atoms with Gasteiger partial charge >= 0.3 is 0 Å². The van der Waals surface area contributed by atoms with Crippen LogP contribution in [0.3, 0.4) is 0 Å². The van der Waals surface area contributed by atoms with E-state index >= 15 is 0 Å². The van der Waals surface area contributed by atoms with Crippen molar-refractivity contribution >= 4 is 46.6 Å². The lowest BCUT2D eigenvalue weighted by Crippen LogP contribution is -2.19. The van der Waals surface area contributed by atoms with Gasteiger partial charge in [-0.15, -0.1) is 11.8 Å². The van der Waals surface area contributed by atoms with Crippen molar-refractivity contribution in [3.8, 4) is 0 Å². The van der Waals surface area contributed by atoms with Crippen molar-refractivity contribution in [2.24, 2.45) is 0 Å². The second-order valence-corrected chi connectivity index (χ2v) is 7.33. The number of halogens is 1. The number of aromatic nitrogens is 1. The van der Waals surface area contributed by atoms with E-state index in [1.807, 2.05) is 12.1 Å². The normalized spacial score (nSPS) is 10.3. The van der Waals surface area contributed by atoms with Crippen molar-refractivity contribution < 1.29 is 9.59 Å². The van der Waals surface area contributed by atoms with Crippen LogP contribution in [0.15, 0.2) is 73.1 Å². The SMILES string of the molecule is O=C(CSCc1cccnc1)Nc1ccccc1C(=O)Nc1ccc(Cl)cc1. The Morgan fingerprint density at radius 3 is 2.50 bits per heavy atom. The second-order valence-electron chi connectivity index (χ2n) is 5.91. The first-order valence-electron chi connectivity index (χ1n) is 8.54. The Bertz CT molecular complexity index is 949. The highest BCUT2D eigenvalue weighted by Crippen LogP contribution is 2.19. The number of hydrogen-bond donors (Lipinski definition) is 2. The smallest absolute Gasteiger partial charge is 0.257 e. The molecule has 0 aliphatic rings. The van der Waals surface area contributed by atoms with Crippen molar-refractivity contribution in [2.75, 3.05) is 16.4 Å². The Morgan fingerprint density at radius 2 is 1.75 bits per heavy atom. The van der Waals surface area contributed by atoms with Crippen LogP contribution in [0.1, 0.15) is 15.9 Å². The molecule has 28 heavy (non-hydrogen) atoms. The highest BCUT2D eigenvalue weighted by atomic mass is 35.5. The lowest BCUT2D eigenvalue weighted by Gasteiger charge is -2.11. The molecule has 5 nitrogen and oxygen atoms in total. The van der Waals surface area contributed by atoms with Gasteiger partial charge < -0.3 is 10.6 Å². The number of amides is 2. The molecule has 142 valence electrons. The molecule has 2 N–H and O–H groups in total. The molecular formula is C21H18ClN3O2S. The van der Waals surface area contributed by atoms with Crippen LogP contribution in [0.4, 0.5) is 11.4 Å². The molecule has 2 amide bonds. The molecule has 1 aromatic heterocycles. The number of nitrogens with zero attached hydrogens (tertiary/aromatic N) is 1. The highest BCUT2D eigenvalue weighted by Gasteiger charge is 2.13. The summed E-state index contributed by atoms with van der Waals surface area (Å²) in [6.07, 6.45) is 3.49. The summed E-state index contributed by atoms with van der Waals surface area (Å²) in [6.45, 7) is 0. The fourth-order valence-corrected chi connectivity index (χ4v) is 3.35. The lowest BCUT2D eigenvalue weighted by molar-refractivity contribution is -0.113. The largest absolute Gasteiger partial charge is 0.325 e. The van der Waals surface area contributed by atoms with E-state index in [0.29, 0.717) is 27.7 Å². The third kappa shape index (κ3) is 5.84. The Morgan fingerprint density at radius 1 is 0.964 bits per heavy atom.